The minimum Gasteiger partial charge on any atom is -0.493 e. The molecule has 0 saturated heterocycles. The Morgan fingerprint density at radius 2 is 1.69 bits per heavy atom. The van der Waals surface area contributed by atoms with E-state index >= 15 is 0 Å². The van der Waals surface area contributed by atoms with Crippen LogP contribution in [0.25, 0.3) is 0 Å². The molecule has 0 radical (unpaired) electrons. The van der Waals surface area contributed by atoms with Gasteiger partial charge in [-0.15, -0.1) is 0 Å². The summed E-state index contributed by atoms with van der Waals surface area (Å²) in [5, 5.41) is 9.13. The molecule has 0 unspecified atom stereocenters. The summed E-state index contributed by atoms with van der Waals surface area (Å²) in [6.45, 7) is -0.0845. The Hall–Kier alpha value is -2.54. The summed E-state index contributed by atoms with van der Waals surface area (Å²) in [6, 6.07) is 12.3. The fourth-order valence-corrected chi connectivity index (χ4v) is 2.76. The Kier molecular flexibility index (Phi) is 7.03. The van der Waals surface area contributed by atoms with Crippen molar-refractivity contribution in [2.75, 3.05) is 27.3 Å². The van der Waals surface area contributed by atoms with E-state index in [0.717, 1.165) is 10.0 Å². The number of hydrogen-bond donors (Lipinski definition) is 1. The van der Waals surface area contributed by atoms with Gasteiger partial charge in [0.1, 0.15) is 6.54 Å². The monoisotopic (exact) mass is 421 g/mol. The van der Waals surface area contributed by atoms with Gasteiger partial charge >= 0.3 is 5.97 Å². The van der Waals surface area contributed by atoms with Crippen molar-refractivity contribution in [1.82, 2.24) is 4.90 Å². The largest absolute Gasteiger partial charge is 0.493 e. The van der Waals surface area contributed by atoms with Crippen LogP contribution in [-0.2, 0) is 11.2 Å². The van der Waals surface area contributed by atoms with E-state index in [1.807, 2.05) is 12.1 Å². The summed E-state index contributed by atoms with van der Waals surface area (Å²) in [5.74, 6) is -0.165. The number of methoxy groups -OCH3 is 2. The van der Waals surface area contributed by atoms with Crippen molar-refractivity contribution in [3.8, 4) is 11.5 Å². The molecule has 2 rings (SSSR count). The Morgan fingerprint density at radius 3 is 2.27 bits per heavy atom. The number of carbonyl (C=O) groups is 2. The highest BCUT2D eigenvalue weighted by Gasteiger charge is 2.18. The molecule has 0 fully saturated rings. The lowest BCUT2D eigenvalue weighted by Crippen LogP contribution is -2.37. The molecule has 7 heteroatoms. The Bertz CT molecular complexity index is 776. The molecule has 26 heavy (non-hydrogen) atoms. The van der Waals surface area contributed by atoms with Crippen LogP contribution in [0.2, 0.25) is 0 Å². The summed E-state index contributed by atoms with van der Waals surface area (Å²) in [6.07, 6.45) is 0.496. The van der Waals surface area contributed by atoms with Crippen molar-refractivity contribution in [2.24, 2.45) is 0 Å². The maximum absolute atomic E-state index is 12.6. The van der Waals surface area contributed by atoms with Crippen LogP contribution in [0.5, 0.6) is 11.5 Å². The Morgan fingerprint density at radius 1 is 1.04 bits per heavy atom. The number of rotatable bonds is 8. The first-order valence-electron chi connectivity index (χ1n) is 7.92. The van der Waals surface area contributed by atoms with Gasteiger partial charge in [0.15, 0.2) is 11.5 Å². The lowest BCUT2D eigenvalue weighted by Gasteiger charge is -2.21. The summed E-state index contributed by atoms with van der Waals surface area (Å²) in [4.78, 5) is 25.1. The van der Waals surface area contributed by atoms with E-state index in [1.54, 1.807) is 44.6 Å². The maximum Gasteiger partial charge on any atom is 0.323 e. The van der Waals surface area contributed by atoms with Crippen LogP contribution in [0.1, 0.15) is 15.9 Å². The zero-order valence-corrected chi connectivity index (χ0v) is 16.2. The van der Waals surface area contributed by atoms with E-state index in [-0.39, 0.29) is 19.0 Å². The first kappa shape index (κ1) is 19.8. The molecule has 0 saturated carbocycles. The average Bonchev–Trinajstić information content (AvgIpc) is 2.64. The SMILES string of the molecule is COc1ccc(CCN(CC(=O)O)C(=O)c2ccc(Br)cc2)cc1OC. The molecule has 2 aromatic rings. The van der Waals surface area contributed by atoms with Crippen LogP contribution in [0.4, 0.5) is 0 Å². The first-order valence-corrected chi connectivity index (χ1v) is 8.71. The van der Waals surface area contributed by atoms with E-state index in [9.17, 15) is 9.59 Å². The fraction of sp³-hybridized carbons (Fsp3) is 0.263. The highest BCUT2D eigenvalue weighted by atomic mass is 79.9. The summed E-state index contributed by atoms with van der Waals surface area (Å²) in [7, 11) is 3.11. The van der Waals surface area contributed by atoms with Crippen molar-refractivity contribution in [2.45, 2.75) is 6.42 Å². The standard InChI is InChI=1S/C19H20BrNO5/c1-25-16-8-3-13(11-17(16)26-2)9-10-21(12-18(22)23)19(24)14-4-6-15(20)7-5-14/h3-8,11H,9-10,12H2,1-2H3,(H,22,23). The average molecular weight is 422 g/mol. The molecule has 1 amide bonds. The number of hydrogen-bond acceptors (Lipinski definition) is 4. The molecule has 0 aliphatic heterocycles. The van der Waals surface area contributed by atoms with Crippen LogP contribution < -0.4 is 9.47 Å². The number of amides is 1. The molecule has 0 aliphatic carbocycles. The summed E-state index contributed by atoms with van der Waals surface area (Å²) < 4.78 is 11.3. The van der Waals surface area contributed by atoms with E-state index < -0.39 is 5.97 Å². The smallest absolute Gasteiger partial charge is 0.323 e. The van der Waals surface area contributed by atoms with Crippen LogP contribution in [0, 0.1) is 0 Å². The predicted octanol–water partition coefficient (Wildman–Crippen LogP) is 3.24. The van der Waals surface area contributed by atoms with Gasteiger partial charge in [0.25, 0.3) is 5.91 Å². The molecule has 0 spiro atoms. The van der Waals surface area contributed by atoms with Gasteiger partial charge in [0.05, 0.1) is 14.2 Å². The van der Waals surface area contributed by atoms with Gasteiger partial charge in [-0.1, -0.05) is 22.0 Å². The number of ether oxygens (including phenoxy) is 2. The van der Waals surface area contributed by atoms with Crippen molar-refractivity contribution in [1.29, 1.82) is 0 Å². The third-order valence-electron chi connectivity index (χ3n) is 3.82. The van der Waals surface area contributed by atoms with Gasteiger partial charge in [-0.25, -0.2) is 0 Å². The van der Waals surface area contributed by atoms with E-state index in [2.05, 4.69) is 15.9 Å². The third-order valence-corrected chi connectivity index (χ3v) is 4.35. The number of carbonyl (C=O) groups excluding carboxylic acids is 1. The topological polar surface area (TPSA) is 76.1 Å². The second-order valence-electron chi connectivity index (χ2n) is 5.57. The van der Waals surface area contributed by atoms with Gasteiger partial charge < -0.3 is 19.5 Å². The zero-order chi connectivity index (χ0) is 19.1. The molecule has 0 heterocycles. The highest BCUT2D eigenvalue weighted by molar-refractivity contribution is 9.10. The normalized spacial score (nSPS) is 10.3. The number of nitrogens with zero attached hydrogens (tertiary/aromatic N) is 1. The van der Waals surface area contributed by atoms with Crippen molar-refractivity contribution in [3.05, 3.63) is 58.1 Å². The molecule has 0 aliphatic rings. The van der Waals surface area contributed by atoms with Crippen LogP contribution in [0.3, 0.4) is 0 Å². The predicted molar refractivity (Wildman–Crippen MR) is 101 cm³/mol. The van der Waals surface area contributed by atoms with E-state index in [0.29, 0.717) is 23.5 Å². The lowest BCUT2D eigenvalue weighted by atomic mass is 10.1. The van der Waals surface area contributed by atoms with Gasteiger partial charge in [-0.3, -0.25) is 9.59 Å². The second-order valence-corrected chi connectivity index (χ2v) is 6.48. The second kappa shape index (κ2) is 9.24. The molecule has 0 atom stereocenters. The van der Waals surface area contributed by atoms with Gasteiger partial charge in [-0.05, 0) is 48.4 Å². The van der Waals surface area contributed by atoms with Crippen LogP contribution in [0.15, 0.2) is 46.9 Å². The number of benzene rings is 2. The number of carboxylic acid groups (broad SMARTS) is 1. The molecular formula is C19H20BrNO5. The zero-order valence-electron chi connectivity index (χ0n) is 14.6. The summed E-state index contributed by atoms with van der Waals surface area (Å²) >= 11 is 3.32. The van der Waals surface area contributed by atoms with Crippen molar-refractivity contribution >= 4 is 27.8 Å². The minimum absolute atomic E-state index is 0.274. The third kappa shape index (κ3) is 5.23. The molecule has 1 N–H and O–H groups in total. The van der Waals surface area contributed by atoms with Gasteiger partial charge in [-0.2, -0.15) is 0 Å². The van der Waals surface area contributed by atoms with E-state index in [4.69, 9.17) is 14.6 Å². The van der Waals surface area contributed by atoms with Gasteiger partial charge in [0.2, 0.25) is 0 Å². The first-order chi connectivity index (χ1) is 12.4. The lowest BCUT2D eigenvalue weighted by molar-refractivity contribution is -0.137. The molecule has 6 nitrogen and oxygen atoms in total. The number of halogens is 1. The maximum atomic E-state index is 12.6. The van der Waals surface area contributed by atoms with Crippen molar-refractivity contribution < 1.29 is 24.2 Å². The fourth-order valence-electron chi connectivity index (χ4n) is 2.49. The summed E-state index contributed by atoms with van der Waals surface area (Å²) in [5.41, 5.74) is 1.36. The van der Waals surface area contributed by atoms with Gasteiger partial charge in [0, 0.05) is 16.6 Å². The minimum atomic E-state index is -1.05. The molecule has 0 aromatic heterocycles. The number of aliphatic carboxylic acids is 1. The number of carboxylic acids is 1. The molecule has 0 bridgehead atoms. The van der Waals surface area contributed by atoms with Crippen molar-refractivity contribution in [3.63, 3.8) is 0 Å². The Balaban J connectivity index is 2.14. The van der Waals surface area contributed by atoms with Crippen LogP contribution in [-0.4, -0.2) is 49.2 Å². The van der Waals surface area contributed by atoms with E-state index in [1.165, 1.54) is 4.90 Å². The highest BCUT2D eigenvalue weighted by Crippen LogP contribution is 2.27. The van der Waals surface area contributed by atoms with Crippen LogP contribution >= 0.6 is 15.9 Å². The Labute approximate surface area is 160 Å². The quantitative estimate of drug-likeness (QED) is 0.707. The molecular weight excluding hydrogens is 402 g/mol. The molecule has 2 aromatic carbocycles. The molecule has 138 valence electrons.